The summed E-state index contributed by atoms with van der Waals surface area (Å²) in [5.41, 5.74) is -1.04. The molecule has 0 radical (unpaired) electrons. The summed E-state index contributed by atoms with van der Waals surface area (Å²) in [4.78, 5) is -0.537. The highest BCUT2D eigenvalue weighted by Crippen LogP contribution is 2.36. The van der Waals surface area contributed by atoms with Crippen LogP contribution >= 0.6 is 11.6 Å². The fourth-order valence-corrected chi connectivity index (χ4v) is 3.29. The molecule has 0 aliphatic carbocycles. The second-order valence-corrected chi connectivity index (χ2v) is 7.00. The molecular formula is C14H11ClF3NO3S. The number of halogens is 4. The molecule has 0 saturated heterocycles. The molecule has 124 valence electrons. The van der Waals surface area contributed by atoms with Crippen molar-refractivity contribution in [2.45, 2.75) is 11.1 Å². The van der Waals surface area contributed by atoms with Gasteiger partial charge in [-0.2, -0.15) is 13.2 Å². The maximum Gasteiger partial charge on any atom is 0.417 e. The monoisotopic (exact) mass is 365 g/mol. The van der Waals surface area contributed by atoms with Crippen LogP contribution in [0.2, 0.25) is 5.02 Å². The number of benzene rings is 2. The molecule has 9 heteroatoms. The van der Waals surface area contributed by atoms with E-state index < -0.39 is 31.7 Å². The molecule has 2 rings (SSSR count). The van der Waals surface area contributed by atoms with E-state index in [-0.39, 0.29) is 11.4 Å². The molecule has 0 atom stereocenters. The van der Waals surface area contributed by atoms with Gasteiger partial charge in [0.1, 0.15) is 5.75 Å². The summed E-state index contributed by atoms with van der Waals surface area (Å²) in [7, 11) is -3.01. The molecule has 4 nitrogen and oxygen atoms in total. The molecule has 1 N–H and O–H groups in total. The van der Waals surface area contributed by atoms with E-state index in [0.29, 0.717) is 6.07 Å². The molecule has 0 heterocycles. The second-order valence-electron chi connectivity index (χ2n) is 4.63. The van der Waals surface area contributed by atoms with Gasteiger partial charge in [-0.15, -0.1) is 0 Å². The number of sulfonamides is 1. The van der Waals surface area contributed by atoms with Gasteiger partial charge in [0.2, 0.25) is 0 Å². The van der Waals surface area contributed by atoms with E-state index in [1.807, 2.05) is 0 Å². The van der Waals surface area contributed by atoms with Crippen molar-refractivity contribution in [2.24, 2.45) is 0 Å². The Morgan fingerprint density at radius 2 is 1.65 bits per heavy atom. The zero-order chi connectivity index (χ0) is 17.4. The van der Waals surface area contributed by atoms with Gasteiger partial charge in [0.15, 0.2) is 0 Å². The first-order valence-electron chi connectivity index (χ1n) is 6.18. The van der Waals surface area contributed by atoms with Crippen molar-refractivity contribution < 1.29 is 26.7 Å². The van der Waals surface area contributed by atoms with Gasteiger partial charge in [-0.3, -0.25) is 4.31 Å². The van der Waals surface area contributed by atoms with Gasteiger partial charge in [0, 0.05) is 7.05 Å². The normalized spacial score (nSPS) is 12.2. The highest BCUT2D eigenvalue weighted by atomic mass is 35.5. The van der Waals surface area contributed by atoms with Crippen molar-refractivity contribution in [1.29, 1.82) is 0 Å². The number of nitrogens with zero attached hydrogens (tertiary/aromatic N) is 1. The Morgan fingerprint density at radius 1 is 1.09 bits per heavy atom. The average molecular weight is 366 g/mol. The summed E-state index contributed by atoms with van der Waals surface area (Å²) < 4.78 is 64.3. The van der Waals surface area contributed by atoms with Crippen molar-refractivity contribution in [3.05, 3.63) is 53.1 Å². The molecule has 2 aromatic rings. The van der Waals surface area contributed by atoms with Crippen LogP contribution in [0.25, 0.3) is 0 Å². The third-order valence-corrected chi connectivity index (χ3v) is 5.23. The van der Waals surface area contributed by atoms with Crippen molar-refractivity contribution in [3.63, 3.8) is 0 Å². The third-order valence-electron chi connectivity index (χ3n) is 3.11. The Balaban J connectivity index is 2.49. The molecule has 0 spiro atoms. The van der Waals surface area contributed by atoms with E-state index in [1.165, 1.54) is 31.3 Å². The van der Waals surface area contributed by atoms with Crippen molar-refractivity contribution >= 4 is 27.3 Å². The fourth-order valence-electron chi connectivity index (χ4n) is 1.84. The standard InChI is InChI=1S/C14H11ClF3NO3S/c1-19(9-2-4-10(20)5-3-9)23(21,22)11-6-7-13(15)12(8-11)14(16,17)18/h2-8,20H,1H3. The van der Waals surface area contributed by atoms with Gasteiger partial charge < -0.3 is 5.11 Å². The topological polar surface area (TPSA) is 57.6 Å². The highest BCUT2D eigenvalue weighted by molar-refractivity contribution is 7.92. The predicted octanol–water partition coefficient (Wildman–Crippen LogP) is 3.89. The van der Waals surface area contributed by atoms with Gasteiger partial charge in [0.05, 0.1) is 21.2 Å². The molecule has 0 unspecified atom stereocenters. The van der Waals surface area contributed by atoms with Crippen molar-refractivity contribution in [1.82, 2.24) is 0 Å². The quantitative estimate of drug-likeness (QED) is 0.897. The summed E-state index contributed by atoms with van der Waals surface area (Å²) in [6, 6.07) is 7.58. The first-order valence-corrected chi connectivity index (χ1v) is 8.00. The third kappa shape index (κ3) is 3.53. The molecule has 0 aliphatic heterocycles. The maximum absolute atomic E-state index is 12.9. The SMILES string of the molecule is CN(c1ccc(O)cc1)S(=O)(=O)c1ccc(Cl)c(C(F)(F)F)c1. The number of aromatic hydroxyl groups is 1. The Labute approximate surface area is 135 Å². The van der Waals surface area contributed by atoms with E-state index in [0.717, 1.165) is 16.4 Å². The number of phenolic OH excluding ortho intramolecular Hbond substituents is 1. The molecule has 0 bridgehead atoms. The lowest BCUT2D eigenvalue weighted by molar-refractivity contribution is -0.137. The van der Waals surface area contributed by atoms with Crippen LogP contribution < -0.4 is 4.31 Å². The number of phenols is 1. The molecule has 23 heavy (non-hydrogen) atoms. The first-order chi connectivity index (χ1) is 10.5. The first kappa shape index (κ1) is 17.4. The Kier molecular flexibility index (Phi) is 4.50. The summed E-state index contributed by atoms with van der Waals surface area (Å²) in [6.45, 7) is 0. The number of hydrogen-bond acceptors (Lipinski definition) is 3. The van der Waals surface area contributed by atoms with Crippen LogP contribution in [0.4, 0.5) is 18.9 Å². The van der Waals surface area contributed by atoms with Crippen LogP contribution in [0.5, 0.6) is 5.75 Å². The fraction of sp³-hybridized carbons (Fsp3) is 0.143. The van der Waals surface area contributed by atoms with Gasteiger partial charge >= 0.3 is 6.18 Å². The van der Waals surface area contributed by atoms with E-state index in [2.05, 4.69) is 0 Å². The second kappa shape index (κ2) is 5.93. The predicted molar refractivity (Wildman–Crippen MR) is 80.1 cm³/mol. The lowest BCUT2D eigenvalue weighted by atomic mass is 10.2. The lowest BCUT2D eigenvalue weighted by Gasteiger charge is -2.20. The molecule has 2 aromatic carbocycles. The van der Waals surface area contributed by atoms with Crippen LogP contribution in [0, 0.1) is 0 Å². The van der Waals surface area contributed by atoms with Crippen molar-refractivity contribution in [2.75, 3.05) is 11.4 Å². The van der Waals surface area contributed by atoms with Crippen molar-refractivity contribution in [3.8, 4) is 5.75 Å². The maximum atomic E-state index is 12.9. The zero-order valence-corrected chi connectivity index (χ0v) is 13.2. The number of rotatable bonds is 3. The Morgan fingerprint density at radius 3 is 2.17 bits per heavy atom. The molecule has 0 fully saturated rings. The van der Waals surface area contributed by atoms with E-state index in [9.17, 15) is 26.7 Å². The molecule has 0 aromatic heterocycles. The minimum Gasteiger partial charge on any atom is -0.508 e. The number of alkyl halides is 3. The van der Waals surface area contributed by atoms with Gasteiger partial charge in [0.25, 0.3) is 10.0 Å². The molecular weight excluding hydrogens is 355 g/mol. The minimum absolute atomic E-state index is 0.0644. The Bertz CT molecular complexity index is 820. The van der Waals surface area contributed by atoms with Crippen LogP contribution in [-0.4, -0.2) is 20.6 Å². The van der Waals surface area contributed by atoms with Crippen LogP contribution in [-0.2, 0) is 16.2 Å². The summed E-state index contributed by atoms with van der Waals surface area (Å²) in [6.07, 6.45) is -4.76. The van der Waals surface area contributed by atoms with E-state index >= 15 is 0 Å². The lowest BCUT2D eigenvalue weighted by Crippen LogP contribution is -2.26. The van der Waals surface area contributed by atoms with E-state index in [4.69, 9.17) is 11.6 Å². The van der Waals surface area contributed by atoms with Crippen LogP contribution in [0.3, 0.4) is 0 Å². The summed E-state index contributed by atoms with van der Waals surface area (Å²) in [5, 5.41) is 8.63. The average Bonchev–Trinajstić information content (AvgIpc) is 2.46. The molecule has 0 aliphatic rings. The molecule has 0 amide bonds. The summed E-state index contributed by atoms with van der Waals surface area (Å²) >= 11 is 5.49. The number of hydrogen-bond donors (Lipinski definition) is 1. The molecule has 0 saturated carbocycles. The van der Waals surface area contributed by atoms with Gasteiger partial charge in [-0.05, 0) is 42.5 Å². The zero-order valence-electron chi connectivity index (χ0n) is 11.7. The van der Waals surface area contributed by atoms with Crippen LogP contribution in [0.15, 0.2) is 47.4 Å². The summed E-state index contributed by atoms with van der Waals surface area (Å²) in [5.74, 6) is -0.0644. The number of anilines is 1. The Hall–Kier alpha value is -1.93. The van der Waals surface area contributed by atoms with Gasteiger partial charge in [-0.1, -0.05) is 11.6 Å². The smallest absolute Gasteiger partial charge is 0.417 e. The highest BCUT2D eigenvalue weighted by Gasteiger charge is 2.35. The van der Waals surface area contributed by atoms with Crippen LogP contribution in [0.1, 0.15) is 5.56 Å². The minimum atomic E-state index is -4.76. The van der Waals surface area contributed by atoms with Gasteiger partial charge in [-0.25, -0.2) is 8.42 Å². The van der Waals surface area contributed by atoms with E-state index in [1.54, 1.807) is 0 Å². The largest absolute Gasteiger partial charge is 0.508 e.